The second-order valence-electron chi connectivity index (χ2n) is 5.39. The molecule has 0 unspecified atom stereocenters. The number of anilines is 1. The summed E-state index contributed by atoms with van der Waals surface area (Å²) in [7, 11) is 2.25. The molecule has 1 aliphatic rings. The molecule has 3 nitrogen and oxygen atoms in total. The highest BCUT2D eigenvalue weighted by atomic mass is 35.5. The molecular formula is C15H24ClN3. The molecule has 1 aromatic rings. The zero-order valence-electron chi connectivity index (χ0n) is 11.7. The summed E-state index contributed by atoms with van der Waals surface area (Å²) < 4.78 is 0. The van der Waals surface area contributed by atoms with E-state index < -0.39 is 0 Å². The van der Waals surface area contributed by atoms with Gasteiger partial charge in [-0.3, -0.25) is 0 Å². The Morgan fingerprint density at radius 3 is 2.89 bits per heavy atom. The molecule has 0 saturated heterocycles. The van der Waals surface area contributed by atoms with Crippen LogP contribution in [0.25, 0.3) is 0 Å². The van der Waals surface area contributed by atoms with Crippen LogP contribution in [0, 0.1) is 0 Å². The van der Waals surface area contributed by atoms with Gasteiger partial charge in [0.1, 0.15) is 5.82 Å². The van der Waals surface area contributed by atoms with Crippen molar-refractivity contribution >= 4 is 17.4 Å². The summed E-state index contributed by atoms with van der Waals surface area (Å²) in [6, 6.07) is 4.52. The van der Waals surface area contributed by atoms with Crippen molar-refractivity contribution in [3.05, 3.63) is 23.4 Å². The third-order valence-electron chi connectivity index (χ3n) is 3.94. The van der Waals surface area contributed by atoms with Gasteiger partial charge in [-0.25, -0.2) is 4.98 Å². The average molecular weight is 282 g/mol. The summed E-state index contributed by atoms with van der Waals surface area (Å²) in [6.45, 7) is 2.07. The first-order valence-electron chi connectivity index (χ1n) is 7.32. The van der Waals surface area contributed by atoms with E-state index in [-0.39, 0.29) is 0 Å². The van der Waals surface area contributed by atoms with Crippen molar-refractivity contribution in [1.29, 1.82) is 0 Å². The predicted molar refractivity (Wildman–Crippen MR) is 81.9 cm³/mol. The van der Waals surface area contributed by atoms with Gasteiger partial charge in [-0.05, 0) is 45.0 Å². The van der Waals surface area contributed by atoms with Crippen LogP contribution < -0.4 is 5.32 Å². The fourth-order valence-electron chi connectivity index (χ4n) is 2.76. The predicted octanol–water partition coefficient (Wildman–Crippen LogP) is 3.80. The highest BCUT2D eigenvalue weighted by molar-refractivity contribution is 6.32. The van der Waals surface area contributed by atoms with Gasteiger partial charge in [0.25, 0.3) is 0 Å². The second kappa shape index (κ2) is 7.71. The van der Waals surface area contributed by atoms with Crippen LogP contribution in [0.1, 0.15) is 38.5 Å². The molecule has 1 aromatic heterocycles. The van der Waals surface area contributed by atoms with Gasteiger partial charge < -0.3 is 10.2 Å². The maximum atomic E-state index is 6.05. The Hall–Kier alpha value is -0.800. The molecule has 1 heterocycles. The maximum Gasteiger partial charge on any atom is 0.144 e. The number of nitrogens with one attached hydrogen (secondary N) is 1. The molecule has 1 fully saturated rings. The van der Waals surface area contributed by atoms with Crippen molar-refractivity contribution in [2.75, 3.05) is 25.5 Å². The topological polar surface area (TPSA) is 28.2 Å². The van der Waals surface area contributed by atoms with Gasteiger partial charge in [-0.1, -0.05) is 30.9 Å². The minimum Gasteiger partial charge on any atom is -0.369 e. The van der Waals surface area contributed by atoms with E-state index in [0.717, 1.165) is 31.4 Å². The van der Waals surface area contributed by atoms with Crippen molar-refractivity contribution in [2.24, 2.45) is 0 Å². The normalized spacial score (nSPS) is 16.8. The number of hydrogen-bond donors (Lipinski definition) is 1. The standard InChI is InChI=1S/C15H24ClN3/c1-19(13-7-3-2-4-8-13)12-6-11-18-15-14(16)9-5-10-17-15/h5,9-10,13H,2-4,6-8,11-12H2,1H3,(H,17,18). The van der Waals surface area contributed by atoms with Crippen LogP contribution in [0.2, 0.25) is 5.02 Å². The number of rotatable bonds is 6. The Labute approximate surface area is 121 Å². The molecule has 0 radical (unpaired) electrons. The minimum atomic E-state index is 0.697. The van der Waals surface area contributed by atoms with Gasteiger partial charge in [0, 0.05) is 18.8 Å². The van der Waals surface area contributed by atoms with Gasteiger partial charge in [-0.2, -0.15) is 0 Å². The van der Waals surface area contributed by atoms with Gasteiger partial charge in [0.2, 0.25) is 0 Å². The van der Waals surface area contributed by atoms with Crippen LogP contribution in [0.4, 0.5) is 5.82 Å². The van der Waals surface area contributed by atoms with Crippen molar-refractivity contribution < 1.29 is 0 Å². The number of nitrogens with zero attached hydrogens (tertiary/aromatic N) is 2. The van der Waals surface area contributed by atoms with Gasteiger partial charge >= 0.3 is 0 Å². The quantitative estimate of drug-likeness (QED) is 0.804. The van der Waals surface area contributed by atoms with Crippen LogP contribution in [0.3, 0.4) is 0 Å². The van der Waals surface area contributed by atoms with Crippen LogP contribution in [-0.2, 0) is 0 Å². The Bertz CT molecular complexity index is 377. The lowest BCUT2D eigenvalue weighted by Crippen LogP contribution is -2.34. The van der Waals surface area contributed by atoms with E-state index in [2.05, 4.69) is 22.2 Å². The van der Waals surface area contributed by atoms with Crippen LogP contribution in [0.15, 0.2) is 18.3 Å². The minimum absolute atomic E-state index is 0.697. The van der Waals surface area contributed by atoms with E-state index in [1.54, 1.807) is 6.20 Å². The van der Waals surface area contributed by atoms with E-state index in [1.807, 2.05) is 12.1 Å². The Morgan fingerprint density at radius 2 is 2.16 bits per heavy atom. The largest absolute Gasteiger partial charge is 0.369 e. The number of pyridine rings is 1. The highest BCUT2D eigenvalue weighted by Gasteiger charge is 2.17. The van der Waals surface area contributed by atoms with E-state index in [4.69, 9.17) is 11.6 Å². The van der Waals surface area contributed by atoms with Crippen molar-refractivity contribution in [2.45, 2.75) is 44.6 Å². The lowest BCUT2D eigenvalue weighted by atomic mass is 9.94. The average Bonchev–Trinajstić information content (AvgIpc) is 2.46. The van der Waals surface area contributed by atoms with Crippen molar-refractivity contribution in [3.8, 4) is 0 Å². The maximum absolute atomic E-state index is 6.05. The molecule has 106 valence electrons. The molecule has 1 saturated carbocycles. The molecule has 0 bridgehead atoms. The molecular weight excluding hydrogens is 258 g/mol. The zero-order chi connectivity index (χ0) is 13.5. The summed E-state index contributed by atoms with van der Waals surface area (Å²) in [4.78, 5) is 6.74. The smallest absolute Gasteiger partial charge is 0.144 e. The van der Waals surface area contributed by atoms with Crippen LogP contribution in [-0.4, -0.2) is 36.1 Å². The molecule has 2 rings (SSSR count). The fourth-order valence-corrected chi connectivity index (χ4v) is 2.94. The van der Waals surface area contributed by atoms with E-state index in [1.165, 1.54) is 32.1 Å². The molecule has 1 N–H and O–H groups in total. The fraction of sp³-hybridized carbons (Fsp3) is 0.667. The van der Waals surface area contributed by atoms with Gasteiger partial charge in [-0.15, -0.1) is 0 Å². The van der Waals surface area contributed by atoms with Crippen LogP contribution in [0.5, 0.6) is 0 Å². The summed E-state index contributed by atoms with van der Waals surface area (Å²) in [6.07, 6.45) is 9.85. The third-order valence-corrected chi connectivity index (χ3v) is 4.24. The first-order chi connectivity index (χ1) is 9.27. The Balaban J connectivity index is 1.65. The van der Waals surface area contributed by atoms with E-state index in [9.17, 15) is 0 Å². The summed E-state index contributed by atoms with van der Waals surface area (Å²) in [5.41, 5.74) is 0. The highest BCUT2D eigenvalue weighted by Crippen LogP contribution is 2.21. The molecule has 0 atom stereocenters. The van der Waals surface area contributed by atoms with E-state index >= 15 is 0 Å². The van der Waals surface area contributed by atoms with Crippen molar-refractivity contribution in [3.63, 3.8) is 0 Å². The Kier molecular flexibility index (Phi) is 5.93. The molecule has 0 amide bonds. The lowest BCUT2D eigenvalue weighted by molar-refractivity contribution is 0.191. The molecule has 4 heteroatoms. The molecule has 0 spiro atoms. The van der Waals surface area contributed by atoms with Crippen LogP contribution >= 0.6 is 11.6 Å². The SMILES string of the molecule is CN(CCCNc1ncccc1Cl)C1CCCCC1. The second-order valence-corrected chi connectivity index (χ2v) is 5.79. The third kappa shape index (κ3) is 4.66. The van der Waals surface area contributed by atoms with E-state index in [0.29, 0.717) is 5.02 Å². The van der Waals surface area contributed by atoms with Gasteiger partial charge in [0.15, 0.2) is 0 Å². The number of aromatic nitrogens is 1. The summed E-state index contributed by atoms with van der Waals surface area (Å²) in [5.74, 6) is 0.796. The van der Waals surface area contributed by atoms with Gasteiger partial charge in [0.05, 0.1) is 5.02 Å². The van der Waals surface area contributed by atoms with Crippen molar-refractivity contribution in [1.82, 2.24) is 9.88 Å². The first kappa shape index (κ1) is 14.6. The number of hydrogen-bond acceptors (Lipinski definition) is 3. The molecule has 19 heavy (non-hydrogen) atoms. The zero-order valence-corrected chi connectivity index (χ0v) is 12.5. The summed E-state index contributed by atoms with van der Waals surface area (Å²) >= 11 is 6.05. The monoisotopic (exact) mass is 281 g/mol. The lowest BCUT2D eigenvalue weighted by Gasteiger charge is -2.31. The Morgan fingerprint density at radius 1 is 1.37 bits per heavy atom. The molecule has 1 aliphatic carbocycles. The number of halogens is 1. The summed E-state index contributed by atoms with van der Waals surface area (Å²) in [5, 5.41) is 4.00. The first-order valence-corrected chi connectivity index (χ1v) is 7.70. The molecule has 0 aromatic carbocycles. The molecule has 0 aliphatic heterocycles.